The van der Waals surface area contributed by atoms with E-state index in [4.69, 9.17) is 5.11 Å². The molecule has 0 radical (unpaired) electrons. The van der Waals surface area contributed by atoms with E-state index in [0.717, 1.165) is 0 Å². The Balaban J connectivity index is 4.07. The predicted octanol–water partition coefficient (Wildman–Crippen LogP) is 1.94. The van der Waals surface area contributed by atoms with Crippen molar-refractivity contribution < 1.29 is 18.6 Å². The van der Waals surface area contributed by atoms with E-state index in [-0.39, 0.29) is 6.61 Å². The predicted molar refractivity (Wildman–Crippen MR) is 42.0 cm³/mol. The van der Waals surface area contributed by atoms with Crippen molar-refractivity contribution in [1.29, 1.82) is 0 Å². The highest BCUT2D eigenvalue weighted by atomic mass is 19.3. The normalized spacial score (nSPS) is 14.4. The monoisotopic (exact) mass is 180 g/mol. The first kappa shape index (κ1) is 11.5. The number of hydrogen-bond donors (Lipinski definition) is 1. The third-order valence-corrected chi connectivity index (χ3v) is 1.22. The Labute approximate surface area is 70.8 Å². The van der Waals surface area contributed by atoms with Crippen molar-refractivity contribution in [3.63, 3.8) is 0 Å². The van der Waals surface area contributed by atoms with Gasteiger partial charge in [-0.05, 0) is 13.8 Å². The van der Waals surface area contributed by atoms with Crippen LogP contribution in [0.2, 0.25) is 0 Å². The summed E-state index contributed by atoms with van der Waals surface area (Å²) < 4.78 is 30.0. The van der Waals surface area contributed by atoms with Crippen molar-refractivity contribution in [2.45, 2.75) is 32.5 Å². The van der Waals surface area contributed by atoms with Crippen molar-refractivity contribution >= 4 is 0 Å². The molecule has 0 aliphatic carbocycles. The van der Waals surface area contributed by atoms with E-state index in [2.05, 4.69) is 11.3 Å². The van der Waals surface area contributed by atoms with E-state index in [1.54, 1.807) is 6.92 Å². The van der Waals surface area contributed by atoms with E-state index in [1.165, 1.54) is 6.92 Å². The highest BCUT2D eigenvalue weighted by Gasteiger charge is 2.38. The highest BCUT2D eigenvalue weighted by molar-refractivity contribution is 4.94. The molecule has 0 aliphatic rings. The Morgan fingerprint density at radius 2 is 2.17 bits per heavy atom. The second kappa shape index (κ2) is 4.52. The number of aliphatic hydroxyl groups is 1. The Hall–Kier alpha value is -0.480. The van der Waals surface area contributed by atoms with Gasteiger partial charge in [0.05, 0.1) is 0 Å². The molecule has 0 saturated heterocycles. The molecule has 0 fully saturated rings. The summed E-state index contributed by atoms with van der Waals surface area (Å²) in [4.78, 5) is 0. The first-order valence-electron chi connectivity index (χ1n) is 3.72. The Morgan fingerprint density at radius 1 is 1.67 bits per heavy atom. The van der Waals surface area contributed by atoms with E-state index < -0.39 is 18.6 Å². The Morgan fingerprint density at radius 3 is 2.50 bits per heavy atom. The fourth-order valence-electron chi connectivity index (χ4n) is 0.769. The standard InChI is InChI=1S/C8H14F2O2/c1-4-12-7(11)8(9,10)5-6(2)3/h7,11H,2,4-5H2,1,3H3. The zero-order valence-electron chi connectivity index (χ0n) is 7.31. The van der Waals surface area contributed by atoms with Crippen LogP contribution in [0.25, 0.3) is 0 Å². The summed E-state index contributed by atoms with van der Waals surface area (Å²) in [5, 5.41) is 8.81. The molecule has 2 nitrogen and oxygen atoms in total. The van der Waals surface area contributed by atoms with Crippen molar-refractivity contribution in [3.8, 4) is 0 Å². The zero-order chi connectivity index (χ0) is 9.78. The van der Waals surface area contributed by atoms with Gasteiger partial charge in [0, 0.05) is 13.0 Å². The fourth-order valence-corrected chi connectivity index (χ4v) is 0.769. The molecule has 0 heterocycles. The Bertz CT molecular complexity index is 157. The molecule has 1 atom stereocenters. The maximum Gasteiger partial charge on any atom is 0.301 e. The molecule has 0 aromatic rings. The molecule has 0 spiro atoms. The van der Waals surface area contributed by atoms with Crippen LogP contribution in [-0.4, -0.2) is 23.9 Å². The molecular formula is C8H14F2O2. The maximum absolute atomic E-state index is 12.8. The van der Waals surface area contributed by atoms with Gasteiger partial charge in [0.1, 0.15) is 0 Å². The third-order valence-electron chi connectivity index (χ3n) is 1.22. The van der Waals surface area contributed by atoms with Crippen molar-refractivity contribution in [1.82, 2.24) is 0 Å². The first-order chi connectivity index (χ1) is 5.40. The SMILES string of the molecule is C=C(C)CC(F)(F)C(O)OCC. The third kappa shape index (κ3) is 3.78. The molecule has 4 heteroatoms. The summed E-state index contributed by atoms with van der Waals surface area (Å²) in [6, 6.07) is 0. The number of halogens is 2. The van der Waals surface area contributed by atoms with Crippen LogP contribution < -0.4 is 0 Å². The van der Waals surface area contributed by atoms with E-state index >= 15 is 0 Å². The molecule has 0 aromatic carbocycles. The summed E-state index contributed by atoms with van der Waals surface area (Å²) >= 11 is 0. The topological polar surface area (TPSA) is 29.5 Å². The van der Waals surface area contributed by atoms with Gasteiger partial charge < -0.3 is 9.84 Å². The lowest BCUT2D eigenvalue weighted by Crippen LogP contribution is -2.35. The van der Waals surface area contributed by atoms with Gasteiger partial charge in [-0.15, -0.1) is 0 Å². The molecular weight excluding hydrogens is 166 g/mol. The van der Waals surface area contributed by atoms with Gasteiger partial charge in [0.25, 0.3) is 0 Å². The van der Waals surface area contributed by atoms with E-state index in [0.29, 0.717) is 5.57 Å². The minimum absolute atomic E-state index is 0.0624. The summed E-state index contributed by atoms with van der Waals surface area (Å²) in [6.07, 6.45) is -2.58. The molecule has 0 saturated carbocycles. The number of alkyl halides is 2. The molecule has 0 rings (SSSR count). The van der Waals surface area contributed by atoms with Crippen LogP contribution in [0.1, 0.15) is 20.3 Å². The smallest absolute Gasteiger partial charge is 0.301 e. The second-order valence-electron chi connectivity index (χ2n) is 2.70. The maximum atomic E-state index is 12.8. The minimum atomic E-state index is -3.23. The summed E-state index contributed by atoms with van der Waals surface area (Å²) in [6.45, 7) is 6.42. The molecule has 1 unspecified atom stereocenters. The number of aliphatic hydroxyl groups excluding tert-OH is 1. The van der Waals surface area contributed by atoms with Crippen LogP contribution in [0, 0.1) is 0 Å². The number of hydrogen-bond acceptors (Lipinski definition) is 2. The molecule has 12 heavy (non-hydrogen) atoms. The van der Waals surface area contributed by atoms with Crippen LogP contribution >= 0.6 is 0 Å². The average molecular weight is 180 g/mol. The van der Waals surface area contributed by atoms with Crippen LogP contribution in [0.3, 0.4) is 0 Å². The Kier molecular flexibility index (Phi) is 4.34. The van der Waals surface area contributed by atoms with Gasteiger partial charge in [-0.25, -0.2) is 8.78 Å². The van der Waals surface area contributed by atoms with Crippen LogP contribution in [0.4, 0.5) is 8.78 Å². The van der Waals surface area contributed by atoms with E-state index in [9.17, 15) is 8.78 Å². The molecule has 0 bridgehead atoms. The van der Waals surface area contributed by atoms with Gasteiger partial charge >= 0.3 is 5.92 Å². The van der Waals surface area contributed by atoms with Crippen molar-refractivity contribution in [2.75, 3.05) is 6.61 Å². The van der Waals surface area contributed by atoms with Crippen LogP contribution in [-0.2, 0) is 4.74 Å². The van der Waals surface area contributed by atoms with Gasteiger partial charge in [-0.2, -0.15) is 0 Å². The first-order valence-corrected chi connectivity index (χ1v) is 3.72. The lowest BCUT2D eigenvalue weighted by Gasteiger charge is -2.21. The van der Waals surface area contributed by atoms with Crippen molar-refractivity contribution in [2.24, 2.45) is 0 Å². The van der Waals surface area contributed by atoms with Gasteiger partial charge in [-0.1, -0.05) is 12.2 Å². The molecule has 1 N–H and O–H groups in total. The number of allylic oxidation sites excluding steroid dienone is 1. The lowest BCUT2D eigenvalue weighted by atomic mass is 10.1. The van der Waals surface area contributed by atoms with E-state index in [1.807, 2.05) is 0 Å². The quantitative estimate of drug-likeness (QED) is 0.517. The van der Waals surface area contributed by atoms with Gasteiger partial charge in [-0.3, -0.25) is 0 Å². The molecule has 0 amide bonds. The highest BCUT2D eigenvalue weighted by Crippen LogP contribution is 2.26. The molecule has 72 valence electrons. The second-order valence-corrected chi connectivity index (χ2v) is 2.70. The van der Waals surface area contributed by atoms with Gasteiger partial charge in [0.15, 0.2) is 0 Å². The summed E-state index contributed by atoms with van der Waals surface area (Å²) in [5.74, 6) is -3.23. The number of rotatable bonds is 5. The van der Waals surface area contributed by atoms with Gasteiger partial charge in [0.2, 0.25) is 6.29 Å². The molecule has 0 aromatic heterocycles. The molecule has 0 aliphatic heterocycles. The number of ether oxygens (including phenoxy) is 1. The fraction of sp³-hybridized carbons (Fsp3) is 0.750. The lowest BCUT2D eigenvalue weighted by molar-refractivity contribution is -0.231. The minimum Gasteiger partial charge on any atom is -0.363 e. The van der Waals surface area contributed by atoms with Crippen LogP contribution in [0.15, 0.2) is 12.2 Å². The van der Waals surface area contributed by atoms with Crippen molar-refractivity contribution in [3.05, 3.63) is 12.2 Å². The zero-order valence-corrected chi connectivity index (χ0v) is 7.31. The summed E-state index contributed by atoms with van der Waals surface area (Å²) in [7, 11) is 0. The average Bonchev–Trinajstić information content (AvgIpc) is 1.85. The summed E-state index contributed by atoms with van der Waals surface area (Å²) in [5.41, 5.74) is 0.318. The van der Waals surface area contributed by atoms with Crippen LogP contribution in [0.5, 0.6) is 0 Å². The largest absolute Gasteiger partial charge is 0.363 e.